The third-order valence-corrected chi connectivity index (χ3v) is 3.86. The van der Waals surface area contributed by atoms with Crippen LogP contribution in [0.4, 0.5) is 0 Å². The third kappa shape index (κ3) is 2.39. The number of amides is 1. The van der Waals surface area contributed by atoms with E-state index in [0.29, 0.717) is 5.56 Å². The van der Waals surface area contributed by atoms with Gasteiger partial charge >= 0.3 is 0 Å². The van der Waals surface area contributed by atoms with Crippen LogP contribution in [0.3, 0.4) is 0 Å². The minimum atomic E-state index is -0.127. The molecule has 0 spiro atoms. The summed E-state index contributed by atoms with van der Waals surface area (Å²) in [7, 11) is 0. The Hall–Kier alpha value is -2.29. The molecular weight excluding hydrogens is 250 g/mol. The number of phenolic OH excluding ortho intramolecular Hbond substituents is 1. The molecule has 2 aromatic rings. The lowest BCUT2D eigenvalue weighted by molar-refractivity contribution is 0.0938. The van der Waals surface area contributed by atoms with Gasteiger partial charge in [0.1, 0.15) is 5.75 Å². The molecule has 1 aliphatic carbocycles. The molecule has 3 nitrogen and oxygen atoms in total. The molecule has 0 aromatic heterocycles. The molecule has 0 fully saturated rings. The van der Waals surface area contributed by atoms with E-state index in [1.54, 1.807) is 12.1 Å². The molecule has 0 aliphatic heterocycles. The monoisotopic (exact) mass is 267 g/mol. The number of phenols is 1. The Bertz CT molecular complexity index is 639. The molecule has 0 heterocycles. The van der Waals surface area contributed by atoms with Crippen molar-refractivity contribution in [3.63, 3.8) is 0 Å². The predicted molar refractivity (Wildman–Crippen MR) is 77.9 cm³/mol. The van der Waals surface area contributed by atoms with E-state index >= 15 is 0 Å². The summed E-state index contributed by atoms with van der Waals surface area (Å²) in [5, 5.41) is 12.7. The minimum absolute atomic E-state index is 0.127. The Balaban J connectivity index is 1.70. The Kier molecular flexibility index (Phi) is 3.18. The quantitative estimate of drug-likeness (QED) is 0.878. The fraction of sp³-hybridized carbons (Fsp3) is 0.235. The van der Waals surface area contributed by atoms with Crippen molar-refractivity contribution < 1.29 is 9.90 Å². The standard InChI is InChI=1S/C17H17NO2/c1-11-6-7-14(10-16(11)19)17(20)18-15-8-12-4-2-3-5-13(12)9-15/h2-7,10,15,19H,8-9H2,1H3,(H,18,20). The van der Waals surface area contributed by atoms with Gasteiger partial charge in [0.2, 0.25) is 0 Å². The third-order valence-electron chi connectivity index (χ3n) is 3.86. The van der Waals surface area contributed by atoms with E-state index in [-0.39, 0.29) is 17.7 Å². The first-order chi connectivity index (χ1) is 9.63. The number of nitrogens with one attached hydrogen (secondary N) is 1. The van der Waals surface area contributed by atoms with Crippen LogP contribution in [0.25, 0.3) is 0 Å². The SMILES string of the molecule is Cc1ccc(C(=O)NC2Cc3ccccc3C2)cc1O. The van der Waals surface area contributed by atoms with Crippen LogP contribution < -0.4 is 5.32 Å². The maximum absolute atomic E-state index is 12.2. The van der Waals surface area contributed by atoms with Crippen molar-refractivity contribution in [1.82, 2.24) is 5.32 Å². The lowest BCUT2D eigenvalue weighted by Crippen LogP contribution is -2.35. The van der Waals surface area contributed by atoms with Crippen LogP contribution in [0.1, 0.15) is 27.0 Å². The van der Waals surface area contributed by atoms with Gasteiger partial charge in [0, 0.05) is 11.6 Å². The Morgan fingerprint density at radius 3 is 2.40 bits per heavy atom. The van der Waals surface area contributed by atoms with Crippen molar-refractivity contribution in [1.29, 1.82) is 0 Å². The van der Waals surface area contributed by atoms with Gasteiger partial charge in [0.25, 0.3) is 5.91 Å². The number of aryl methyl sites for hydroxylation is 1. The zero-order chi connectivity index (χ0) is 14.1. The number of fused-ring (bicyclic) bond motifs is 1. The van der Waals surface area contributed by atoms with E-state index in [0.717, 1.165) is 18.4 Å². The fourth-order valence-corrected chi connectivity index (χ4v) is 2.68. The van der Waals surface area contributed by atoms with E-state index in [2.05, 4.69) is 17.4 Å². The molecule has 0 atom stereocenters. The summed E-state index contributed by atoms with van der Waals surface area (Å²) < 4.78 is 0. The molecule has 0 saturated carbocycles. The van der Waals surface area contributed by atoms with Gasteiger partial charge in [-0.15, -0.1) is 0 Å². The summed E-state index contributed by atoms with van der Waals surface area (Å²) in [6.45, 7) is 1.81. The van der Waals surface area contributed by atoms with Crippen LogP contribution in [0, 0.1) is 6.92 Å². The summed E-state index contributed by atoms with van der Waals surface area (Å²) in [6.07, 6.45) is 1.75. The Morgan fingerprint density at radius 1 is 1.15 bits per heavy atom. The van der Waals surface area contributed by atoms with E-state index in [4.69, 9.17) is 0 Å². The lowest BCUT2D eigenvalue weighted by Gasteiger charge is -2.12. The van der Waals surface area contributed by atoms with Crippen molar-refractivity contribution in [2.45, 2.75) is 25.8 Å². The lowest BCUT2D eigenvalue weighted by atomic mass is 10.1. The van der Waals surface area contributed by atoms with E-state index in [9.17, 15) is 9.90 Å². The highest BCUT2D eigenvalue weighted by Gasteiger charge is 2.22. The number of hydrogen-bond acceptors (Lipinski definition) is 2. The molecular formula is C17H17NO2. The Morgan fingerprint density at radius 2 is 1.80 bits per heavy atom. The van der Waals surface area contributed by atoms with Gasteiger partial charge in [0.15, 0.2) is 0 Å². The van der Waals surface area contributed by atoms with Gasteiger partial charge in [-0.3, -0.25) is 4.79 Å². The number of carbonyl (C=O) groups is 1. The van der Waals surface area contributed by atoms with Gasteiger partial charge in [-0.2, -0.15) is 0 Å². The molecule has 3 rings (SSSR count). The van der Waals surface area contributed by atoms with Gasteiger partial charge in [-0.1, -0.05) is 30.3 Å². The average Bonchev–Trinajstić information content (AvgIpc) is 2.83. The topological polar surface area (TPSA) is 49.3 Å². The van der Waals surface area contributed by atoms with Crippen LogP contribution in [-0.2, 0) is 12.8 Å². The molecule has 0 saturated heterocycles. The number of hydrogen-bond donors (Lipinski definition) is 2. The van der Waals surface area contributed by atoms with Crippen LogP contribution >= 0.6 is 0 Å². The summed E-state index contributed by atoms with van der Waals surface area (Å²) in [4.78, 5) is 12.2. The first kappa shape index (κ1) is 12.7. The smallest absolute Gasteiger partial charge is 0.251 e. The largest absolute Gasteiger partial charge is 0.508 e. The van der Waals surface area contributed by atoms with Gasteiger partial charge < -0.3 is 10.4 Å². The minimum Gasteiger partial charge on any atom is -0.508 e. The number of rotatable bonds is 2. The average molecular weight is 267 g/mol. The summed E-state index contributed by atoms with van der Waals surface area (Å²) in [5.74, 6) is 0.0328. The van der Waals surface area contributed by atoms with Crippen molar-refractivity contribution in [3.05, 3.63) is 64.7 Å². The maximum atomic E-state index is 12.2. The second-order valence-corrected chi connectivity index (χ2v) is 5.35. The molecule has 20 heavy (non-hydrogen) atoms. The predicted octanol–water partition coefficient (Wildman–Crippen LogP) is 2.60. The molecule has 102 valence electrons. The second-order valence-electron chi connectivity index (χ2n) is 5.35. The molecule has 0 unspecified atom stereocenters. The summed E-state index contributed by atoms with van der Waals surface area (Å²) in [6, 6.07) is 13.4. The normalized spacial score (nSPS) is 14.1. The molecule has 1 aliphatic rings. The zero-order valence-electron chi connectivity index (χ0n) is 11.4. The van der Waals surface area contributed by atoms with Crippen LogP contribution in [0.2, 0.25) is 0 Å². The van der Waals surface area contributed by atoms with E-state index in [1.807, 2.05) is 19.1 Å². The van der Waals surface area contributed by atoms with Crippen molar-refractivity contribution in [2.24, 2.45) is 0 Å². The molecule has 3 heteroatoms. The van der Waals surface area contributed by atoms with E-state index in [1.165, 1.54) is 17.2 Å². The fourth-order valence-electron chi connectivity index (χ4n) is 2.68. The number of aromatic hydroxyl groups is 1. The highest BCUT2D eigenvalue weighted by Crippen LogP contribution is 2.22. The van der Waals surface area contributed by atoms with Crippen LogP contribution in [-0.4, -0.2) is 17.1 Å². The maximum Gasteiger partial charge on any atom is 0.251 e. The first-order valence-electron chi connectivity index (χ1n) is 6.81. The van der Waals surface area contributed by atoms with Crippen molar-refractivity contribution in [3.8, 4) is 5.75 Å². The molecule has 2 aromatic carbocycles. The van der Waals surface area contributed by atoms with Gasteiger partial charge in [-0.25, -0.2) is 0 Å². The van der Waals surface area contributed by atoms with Crippen LogP contribution in [0.5, 0.6) is 5.75 Å². The molecule has 2 N–H and O–H groups in total. The van der Waals surface area contributed by atoms with Crippen molar-refractivity contribution >= 4 is 5.91 Å². The van der Waals surface area contributed by atoms with Gasteiger partial charge in [0.05, 0.1) is 0 Å². The number of carbonyl (C=O) groups excluding carboxylic acids is 1. The number of benzene rings is 2. The molecule has 1 amide bonds. The summed E-state index contributed by atoms with van der Waals surface area (Å²) >= 11 is 0. The second kappa shape index (κ2) is 5.00. The zero-order valence-corrected chi connectivity index (χ0v) is 11.4. The molecule has 0 radical (unpaired) electrons. The van der Waals surface area contributed by atoms with Crippen LogP contribution in [0.15, 0.2) is 42.5 Å². The van der Waals surface area contributed by atoms with Crippen molar-refractivity contribution in [2.75, 3.05) is 0 Å². The van der Waals surface area contributed by atoms with E-state index < -0.39 is 0 Å². The summed E-state index contributed by atoms with van der Waals surface area (Å²) in [5.41, 5.74) is 3.90. The first-order valence-corrected chi connectivity index (χ1v) is 6.81. The highest BCUT2D eigenvalue weighted by molar-refractivity contribution is 5.95. The highest BCUT2D eigenvalue weighted by atomic mass is 16.3. The van der Waals surface area contributed by atoms with Gasteiger partial charge in [-0.05, 0) is 48.6 Å². The Labute approximate surface area is 118 Å². The molecule has 0 bridgehead atoms.